The Bertz CT molecular complexity index is 742. The largest absolute Gasteiger partial charge is 0.368 e. The zero-order valence-electron chi connectivity index (χ0n) is 15.1. The molecule has 1 saturated heterocycles. The molecule has 0 atom stereocenters. The van der Waals surface area contributed by atoms with Gasteiger partial charge in [-0.05, 0) is 56.0 Å². The molecule has 0 spiro atoms. The topological polar surface area (TPSA) is 23.6 Å². The van der Waals surface area contributed by atoms with Gasteiger partial charge < -0.3 is 9.80 Å². The normalized spacial score (nSPS) is 15.0. The highest BCUT2D eigenvalue weighted by molar-refractivity contribution is 7.14. The van der Waals surface area contributed by atoms with Gasteiger partial charge >= 0.3 is 0 Å². The number of benzene rings is 1. The predicted molar refractivity (Wildman–Crippen MR) is 102 cm³/mol. The molecular formula is C20H26N2OS. The van der Waals surface area contributed by atoms with Crippen molar-refractivity contribution >= 4 is 22.9 Å². The summed E-state index contributed by atoms with van der Waals surface area (Å²) < 4.78 is 0. The zero-order valence-corrected chi connectivity index (χ0v) is 15.9. The van der Waals surface area contributed by atoms with Gasteiger partial charge in [-0.2, -0.15) is 0 Å². The summed E-state index contributed by atoms with van der Waals surface area (Å²) >= 11 is 1.64. The minimum absolute atomic E-state index is 0.198. The van der Waals surface area contributed by atoms with Gasteiger partial charge in [0.2, 0.25) is 0 Å². The lowest BCUT2D eigenvalue weighted by Gasteiger charge is -2.37. The molecule has 0 N–H and O–H groups in total. The number of thiophene rings is 1. The molecular weight excluding hydrogens is 316 g/mol. The van der Waals surface area contributed by atoms with Gasteiger partial charge in [0, 0.05) is 36.7 Å². The zero-order chi connectivity index (χ0) is 17.3. The van der Waals surface area contributed by atoms with Gasteiger partial charge in [-0.15, -0.1) is 11.3 Å². The molecule has 0 saturated carbocycles. The Morgan fingerprint density at radius 1 is 1.12 bits per heavy atom. The predicted octanol–water partition coefficient (Wildman–Crippen LogP) is 4.20. The van der Waals surface area contributed by atoms with E-state index in [0.717, 1.165) is 37.5 Å². The van der Waals surface area contributed by atoms with Crippen LogP contribution in [-0.4, -0.2) is 37.0 Å². The molecule has 24 heavy (non-hydrogen) atoms. The molecule has 1 amide bonds. The fourth-order valence-corrected chi connectivity index (χ4v) is 4.44. The Kier molecular flexibility index (Phi) is 4.95. The third-order valence-corrected chi connectivity index (χ3v) is 6.18. The first-order chi connectivity index (χ1) is 11.5. The van der Waals surface area contributed by atoms with Crippen LogP contribution in [0.1, 0.15) is 38.2 Å². The molecule has 1 aromatic heterocycles. The number of piperazine rings is 1. The van der Waals surface area contributed by atoms with Crippen LogP contribution in [0.2, 0.25) is 0 Å². The van der Waals surface area contributed by atoms with Crippen LogP contribution in [0, 0.1) is 20.8 Å². The van der Waals surface area contributed by atoms with E-state index in [1.807, 2.05) is 4.90 Å². The van der Waals surface area contributed by atoms with Crippen LogP contribution in [0.25, 0.3) is 0 Å². The Hall–Kier alpha value is -1.81. The molecule has 4 heteroatoms. The minimum Gasteiger partial charge on any atom is -0.368 e. The van der Waals surface area contributed by atoms with Gasteiger partial charge in [0.15, 0.2) is 0 Å². The molecule has 128 valence electrons. The molecule has 0 bridgehead atoms. The van der Waals surface area contributed by atoms with Crippen molar-refractivity contribution < 1.29 is 4.79 Å². The van der Waals surface area contributed by atoms with Gasteiger partial charge in [0.25, 0.3) is 5.91 Å². The van der Waals surface area contributed by atoms with Crippen LogP contribution in [0.5, 0.6) is 0 Å². The molecule has 1 aromatic carbocycles. The van der Waals surface area contributed by atoms with E-state index in [9.17, 15) is 4.79 Å². The third kappa shape index (κ3) is 3.20. The molecule has 1 aliphatic heterocycles. The van der Waals surface area contributed by atoms with Crippen molar-refractivity contribution in [1.29, 1.82) is 0 Å². The molecule has 2 aromatic rings. The first kappa shape index (κ1) is 17.0. The molecule has 3 nitrogen and oxygen atoms in total. The number of anilines is 1. The van der Waals surface area contributed by atoms with Crippen molar-refractivity contribution in [3.8, 4) is 0 Å². The number of amides is 1. The first-order valence-corrected chi connectivity index (χ1v) is 9.52. The monoisotopic (exact) mass is 342 g/mol. The maximum Gasteiger partial charge on any atom is 0.264 e. The number of hydrogen-bond donors (Lipinski definition) is 0. The third-order valence-electron chi connectivity index (χ3n) is 5.10. The molecule has 1 aliphatic rings. The number of rotatable bonds is 3. The van der Waals surface area contributed by atoms with Crippen molar-refractivity contribution in [2.45, 2.75) is 34.1 Å². The summed E-state index contributed by atoms with van der Waals surface area (Å²) in [5.41, 5.74) is 5.28. The summed E-state index contributed by atoms with van der Waals surface area (Å²) in [6.45, 7) is 12.0. The van der Waals surface area contributed by atoms with Crippen molar-refractivity contribution in [3.05, 3.63) is 50.7 Å². The van der Waals surface area contributed by atoms with E-state index in [0.29, 0.717) is 0 Å². The van der Waals surface area contributed by atoms with Gasteiger partial charge in [-0.25, -0.2) is 0 Å². The Labute approximate surface area is 148 Å². The summed E-state index contributed by atoms with van der Waals surface area (Å²) in [5.74, 6) is 0.198. The number of aryl methyl sites for hydroxylation is 3. The van der Waals surface area contributed by atoms with Crippen LogP contribution in [0.4, 0.5) is 5.69 Å². The smallest absolute Gasteiger partial charge is 0.264 e. The highest BCUT2D eigenvalue weighted by Gasteiger charge is 2.24. The summed E-state index contributed by atoms with van der Waals surface area (Å²) in [6.07, 6.45) is 0.996. The van der Waals surface area contributed by atoms with Gasteiger partial charge in [0.05, 0.1) is 4.88 Å². The lowest BCUT2D eigenvalue weighted by Crippen LogP contribution is -2.48. The van der Waals surface area contributed by atoms with Crippen LogP contribution in [0.15, 0.2) is 24.3 Å². The Balaban J connectivity index is 1.68. The standard InChI is InChI=1S/C20H26N2OS/c1-5-17-13-19(24-16(17)4)20(23)22-11-9-21(10-12-22)18-8-6-7-14(2)15(18)3/h6-8,13H,5,9-12H2,1-4H3. The van der Waals surface area contributed by atoms with Crippen molar-refractivity contribution in [1.82, 2.24) is 4.90 Å². The number of hydrogen-bond acceptors (Lipinski definition) is 3. The van der Waals surface area contributed by atoms with Crippen molar-refractivity contribution in [2.75, 3.05) is 31.1 Å². The van der Waals surface area contributed by atoms with Crippen LogP contribution in [-0.2, 0) is 6.42 Å². The van der Waals surface area contributed by atoms with Crippen LogP contribution < -0.4 is 4.90 Å². The maximum atomic E-state index is 12.8. The number of carbonyl (C=O) groups is 1. The second-order valence-electron chi connectivity index (χ2n) is 6.54. The minimum atomic E-state index is 0.198. The van der Waals surface area contributed by atoms with Crippen molar-refractivity contribution in [3.63, 3.8) is 0 Å². The molecule has 2 heterocycles. The second kappa shape index (κ2) is 6.98. The van der Waals surface area contributed by atoms with Gasteiger partial charge in [-0.1, -0.05) is 19.1 Å². The lowest BCUT2D eigenvalue weighted by molar-refractivity contribution is 0.0751. The van der Waals surface area contributed by atoms with Crippen LogP contribution in [0.3, 0.4) is 0 Å². The van der Waals surface area contributed by atoms with Gasteiger partial charge in [0.1, 0.15) is 0 Å². The number of carbonyl (C=O) groups excluding carboxylic acids is 1. The summed E-state index contributed by atoms with van der Waals surface area (Å²) in [6, 6.07) is 8.55. The van der Waals surface area contributed by atoms with E-state index < -0.39 is 0 Å². The first-order valence-electron chi connectivity index (χ1n) is 8.71. The van der Waals surface area contributed by atoms with E-state index in [2.05, 4.69) is 56.9 Å². The summed E-state index contributed by atoms with van der Waals surface area (Å²) in [4.78, 5) is 19.3. The average Bonchev–Trinajstić information content (AvgIpc) is 2.98. The lowest BCUT2D eigenvalue weighted by atomic mass is 10.1. The molecule has 0 aliphatic carbocycles. The summed E-state index contributed by atoms with van der Waals surface area (Å²) in [5, 5.41) is 0. The van der Waals surface area contributed by atoms with E-state index >= 15 is 0 Å². The van der Waals surface area contributed by atoms with E-state index in [1.54, 1.807) is 11.3 Å². The highest BCUT2D eigenvalue weighted by atomic mass is 32.1. The Morgan fingerprint density at radius 3 is 2.46 bits per heavy atom. The molecule has 3 rings (SSSR count). The Morgan fingerprint density at radius 2 is 1.83 bits per heavy atom. The second-order valence-corrected chi connectivity index (χ2v) is 7.80. The van der Waals surface area contributed by atoms with E-state index in [-0.39, 0.29) is 5.91 Å². The average molecular weight is 343 g/mol. The quantitative estimate of drug-likeness (QED) is 0.835. The SMILES string of the molecule is CCc1cc(C(=O)N2CCN(c3cccc(C)c3C)CC2)sc1C. The fourth-order valence-electron chi connectivity index (χ4n) is 3.36. The molecule has 0 unspecified atom stereocenters. The highest BCUT2D eigenvalue weighted by Crippen LogP contribution is 2.26. The van der Waals surface area contributed by atoms with Gasteiger partial charge in [-0.3, -0.25) is 4.79 Å². The fraction of sp³-hybridized carbons (Fsp3) is 0.450. The number of nitrogens with zero attached hydrogens (tertiary/aromatic N) is 2. The van der Waals surface area contributed by atoms with E-state index in [4.69, 9.17) is 0 Å². The van der Waals surface area contributed by atoms with Crippen molar-refractivity contribution in [2.24, 2.45) is 0 Å². The van der Waals surface area contributed by atoms with Crippen LogP contribution >= 0.6 is 11.3 Å². The molecule has 1 fully saturated rings. The molecule has 0 radical (unpaired) electrons. The maximum absolute atomic E-state index is 12.8. The summed E-state index contributed by atoms with van der Waals surface area (Å²) in [7, 11) is 0. The van der Waals surface area contributed by atoms with E-state index in [1.165, 1.54) is 27.3 Å².